The molecule has 0 aromatic heterocycles. The molecule has 1 aromatic carbocycles. The third-order valence-corrected chi connectivity index (χ3v) is 3.47. The number of fused-ring (bicyclic) bond motifs is 2. The van der Waals surface area contributed by atoms with Crippen molar-refractivity contribution in [2.75, 3.05) is 0 Å². The van der Waals surface area contributed by atoms with Gasteiger partial charge < -0.3 is 0 Å². The van der Waals surface area contributed by atoms with E-state index in [4.69, 9.17) is 5.73 Å². The van der Waals surface area contributed by atoms with E-state index in [0.717, 1.165) is 12.1 Å². The molecule has 1 aliphatic heterocycles. The first-order valence-electron chi connectivity index (χ1n) is 4.59. The maximum Gasteiger partial charge on any atom is 0.355 e. The van der Waals surface area contributed by atoms with Gasteiger partial charge in [-0.25, -0.2) is 0 Å². The molecule has 1 aliphatic carbocycles. The zero-order valence-electron chi connectivity index (χ0n) is 7.87. The van der Waals surface area contributed by atoms with E-state index in [1.807, 2.05) is 0 Å². The molecule has 1 radical (unpaired) electrons. The SMILES string of the molecule is Cc1ccc2c(c1)C1=C(C2)SC(N)=[N+]1. The summed E-state index contributed by atoms with van der Waals surface area (Å²) in [5, 5.41) is 0.683. The van der Waals surface area contributed by atoms with Crippen LogP contribution in [0, 0.1) is 6.92 Å². The lowest BCUT2D eigenvalue weighted by Gasteiger charge is -1.99. The molecule has 0 saturated carbocycles. The van der Waals surface area contributed by atoms with Gasteiger partial charge in [0.05, 0.1) is 4.91 Å². The molecule has 0 bridgehead atoms. The smallest absolute Gasteiger partial charge is 0.278 e. The van der Waals surface area contributed by atoms with Gasteiger partial charge in [0.1, 0.15) is 0 Å². The molecule has 0 amide bonds. The summed E-state index contributed by atoms with van der Waals surface area (Å²) < 4.78 is 0. The average molecular weight is 202 g/mol. The lowest BCUT2D eigenvalue weighted by atomic mass is 10.1. The molecule has 0 fully saturated rings. The summed E-state index contributed by atoms with van der Waals surface area (Å²) in [5.74, 6) is 0. The normalized spacial score (nSPS) is 18.2. The molecule has 14 heavy (non-hydrogen) atoms. The highest BCUT2D eigenvalue weighted by molar-refractivity contribution is 8.17. The number of amidine groups is 1. The van der Waals surface area contributed by atoms with E-state index in [-0.39, 0.29) is 0 Å². The molecule has 2 N–H and O–H groups in total. The third-order valence-electron chi connectivity index (χ3n) is 2.59. The highest BCUT2D eigenvalue weighted by atomic mass is 32.2. The number of nitrogens with zero attached hydrogens (tertiary/aromatic N) is 1. The van der Waals surface area contributed by atoms with Gasteiger partial charge in [-0.2, -0.15) is 0 Å². The number of hydrogen-bond acceptors (Lipinski definition) is 3. The van der Waals surface area contributed by atoms with E-state index < -0.39 is 0 Å². The first-order valence-corrected chi connectivity index (χ1v) is 5.41. The molecule has 69 valence electrons. The number of nitrogens with two attached hydrogens (primary N) is 1. The fraction of sp³-hybridized carbons (Fsp3) is 0.182. The van der Waals surface area contributed by atoms with Crippen molar-refractivity contribution in [3.63, 3.8) is 0 Å². The van der Waals surface area contributed by atoms with Gasteiger partial charge in [-0.3, -0.25) is 5.73 Å². The van der Waals surface area contributed by atoms with E-state index in [9.17, 15) is 0 Å². The Morgan fingerprint density at radius 3 is 3.14 bits per heavy atom. The highest BCUT2D eigenvalue weighted by Gasteiger charge is 2.33. The van der Waals surface area contributed by atoms with E-state index in [0.29, 0.717) is 5.17 Å². The number of hydrogen-bond donors (Lipinski definition) is 1. The Morgan fingerprint density at radius 1 is 1.43 bits per heavy atom. The van der Waals surface area contributed by atoms with Crippen LogP contribution < -0.4 is 10.7 Å². The molecule has 3 heteroatoms. The van der Waals surface area contributed by atoms with Gasteiger partial charge in [-0.1, -0.05) is 17.7 Å². The maximum atomic E-state index is 5.69. The second-order valence-electron chi connectivity index (χ2n) is 3.66. The topological polar surface area (TPSA) is 40.1 Å². The molecule has 2 aliphatic rings. The van der Waals surface area contributed by atoms with Gasteiger partial charge in [0.2, 0.25) is 0 Å². The van der Waals surface area contributed by atoms with Crippen molar-refractivity contribution < 1.29 is 0 Å². The standard InChI is InChI=1S/C11H10N2S/c1-6-2-3-7-5-9-10(8(7)4-6)13-11(12)14-9/h2-4H,5,12H2,1H3/q+1. The number of allylic oxidation sites excluding steroid dienone is 1. The van der Waals surface area contributed by atoms with Crippen LogP contribution in [0.25, 0.3) is 5.70 Å². The molecule has 3 rings (SSSR count). The highest BCUT2D eigenvalue weighted by Crippen LogP contribution is 2.40. The number of aliphatic imine (C=N–C) groups is 1. The minimum atomic E-state index is 0.683. The third kappa shape index (κ3) is 1.02. The maximum absolute atomic E-state index is 5.69. The Hall–Kier alpha value is -1.22. The van der Waals surface area contributed by atoms with E-state index in [2.05, 4.69) is 30.1 Å². The second kappa shape index (κ2) is 2.64. The van der Waals surface area contributed by atoms with E-state index in [1.54, 1.807) is 11.8 Å². The van der Waals surface area contributed by atoms with Crippen molar-refractivity contribution in [2.24, 2.45) is 5.73 Å². The van der Waals surface area contributed by atoms with Gasteiger partial charge >= 0.3 is 5.17 Å². The molecular weight excluding hydrogens is 192 g/mol. The van der Waals surface area contributed by atoms with Crippen LogP contribution in [0.3, 0.4) is 0 Å². The zero-order valence-corrected chi connectivity index (χ0v) is 8.69. The molecule has 0 saturated heterocycles. The Balaban J connectivity index is 2.18. The molecule has 0 atom stereocenters. The summed E-state index contributed by atoms with van der Waals surface area (Å²) in [6, 6.07) is 6.54. The molecule has 1 aromatic rings. The molecule has 0 spiro atoms. The van der Waals surface area contributed by atoms with Crippen LogP contribution in [-0.4, -0.2) is 5.17 Å². The molecule has 2 nitrogen and oxygen atoms in total. The summed E-state index contributed by atoms with van der Waals surface area (Å²) in [6.45, 7) is 2.11. The molecule has 1 heterocycles. The lowest BCUT2D eigenvalue weighted by Crippen LogP contribution is -2.10. The second-order valence-corrected chi connectivity index (χ2v) is 4.78. The monoisotopic (exact) mass is 202 g/mol. The van der Waals surface area contributed by atoms with Crippen LogP contribution >= 0.6 is 11.8 Å². The van der Waals surface area contributed by atoms with Crippen LogP contribution in [0.1, 0.15) is 16.7 Å². The Morgan fingerprint density at radius 2 is 2.29 bits per heavy atom. The largest absolute Gasteiger partial charge is 0.355 e. The fourth-order valence-corrected chi connectivity index (χ4v) is 2.81. The van der Waals surface area contributed by atoms with Gasteiger partial charge in [0.25, 0.3) is 0 Å². The Labute approximate surface area is 86.9 Å². The van der Waals surface area contributed by atoms with Crippen molar-refractivity contribution in [3.05, 3.63) is 39.8 Å². The first-order chi connectivity index (χ1) is 6.74. The summed E-state index contributed by atoms with van der Waals surface area (Å²) in [6.07, 6.45) is 1.000. The van der Waals surface area contributed by atoms with Gasteiger partial charge in [-0.05, 0) is 23.5 Å². The van der Waals surface area contributed by atoms with E-state index >= 15 is 0 Å². The van der Waals surface area contributed by atoms with Crippen molar-refractivity contribution in [1.82, 2.24) is 4.99 Å². The zero-order chi connectivity index (χ0) is 9.71. The van der Waals surface area contributed by atoms with Gasteiger partial charge in [0.15, 0.2) is 5.70 Å². The molecule has 0 unspecified atom stereocenters. The van der Waals surface area contributed by atoms with Gasteiger partial charge in [-0.15, -0.1) is 0 Å². The number of rotatable bonds is 0. The Bertz CT molecular complexity index is 486. The van der Waals surface area contributed by atoms with Crippen LogP contribution in [0.15, 0.2) is 23.1 Å². The van der Waals surface area contributed by atoms with E-state index in [1.165, 1.54) is 21.6 Å². The van der Waals surface area contributed by atoms with Crippen molar-refractivity contribution in [1.29, 1.82) is 0 Å². The first kappa shape index (κ1) is 8.12. The quantitative estimate of drug-likeness (QED) is 0.694. The summed E-state index contributed by atoms with van der Waals surface area (Å²) >= 11 is 1.61. The number of aryl methyl sites for hydroxylation is 1. The van der Waals surface area contributed by atoms with Crippen LogP contribution in [0.4, 0.5) is 0 Å². The van der Waals surface area contributed by atoms with Crippen LogP contribution in [-0.2, 0) is 6.42 Å². The fourth-order valence-electron chi connectivity index (χ4n) is 1.94. The molecular formula is C11H10N2S+. The van der Waals surface area contributed by atoms with Gasteiger partial charge in [0, 0.05) is 23.7 Å². The van der Waals surface area contributed by atoms with Crippen LogP contribution in [0.2, 0.25) is 0 Å². The van der Waals surface area contributed by atoms with Crippen LogP contribution in [0.5, 0.6) is 0 Å². The Kier molecular flexibility index (Phi) is 1.53. The van der Waals surface area contributed by atoms with Crippen molar-refractivity contribution in [2.45, 2.75) is 13.3 Å². The lowest BCUT2D eigenvalue weighted by molar-refractivity contribution is 1.27. The van der Waals surface area contributed by atoms with Crippen molar-refractivity contribution in [3.8, 4) is 0 Å². The summed E-state index contributed by atoms with van der Waals surface area (Å²) in [5.41, 5.74) is 10.7. The summed E-state index contributed by atoms with van der Waals surface area (Å²) in [7, 11) is 0. The average Bonchev–Trinajstić information content (AvgIpc) is 2.62. The number of benzene rings is 1. The predicted molar refractivity (Wildman–Crippen MR) is 60.7 cm³/mol. The minimum Gasteiger partial charge on any atom is -0.278 e. The minimum absolute atomic E-state index is 0.683. The van der Waals surface area contributed by atoms with Crippen molar-refractivity contribution >= 4 is 22.6 Å². The summed E-state index contributed by atoms with van der Waals surface area (Å²) in [4.78, 5) is 5.68. The number of thioether (sulfide) groups is 1. The predicted octanol–water partition coefficient (Wildman–Crippen LogP) is 1.62.